The first-order valence-electron chi connectivity index (χ1n) is 6.96. The Balaban J connectivity index is 1.68. The minimum Gasteiger partial charge on any atom is -0.317 e. The first-order valence-corrected chi connectivity index (χ1v) is 6.96. The van der Waals surface area contributed by atoms with E-state index in [9.17, 15) is 0 Å². The highest BCUT2D eigenvalue weighted by Crippen LogP contribution is 2.15. The number of nitrogens with zero attached hydrogens (tertiary/aromatic N) is 1. The van der Waals surface area contributed by atoms with E-state index in [1.807, 2.05) is 0 Å². The van der Waals surface area contributed by atoms with Crippen molar-refractivity contribution >= 4 is 0 Å². The van der Waals surface area contributed by atoms with Crippen LogP contribution in [0.3, 0.4) is 0 Å². The highest BCUT2D eigenvalue weighted by atomic mass is 15.2. The molecule has 0 aromatic heterocycles. The molecule has 0 radical (unpaired) electrons. The number of piperidine rings is 2. The minimum absolute atomic E-state index is 0.722. The van der Waals surface area contributed by atoms with Gasteiger partial charge in [-0.2, -0.15) is 0 Å². The van der Waals surface area contributed by atoms with Crippen molar-refractivity contribution in [3.8, 4) is 0 Å². The van der Waals surface area contributed by atoms with Gasteiger partial charge in [-0.15, -0.1) is 0 Å². The number of likely N-dealkylation sites (tertiary alicyclic amines) is 1. The van der Waals surface area contributed by atoms with Crippen LogP contribution < -0.4 is 10.6 Å². The molecule has 2 rings (SSSR count). The second-order valence-corrected chi connectivity index (χ2v) is 5.59. The van der Waals surface area contributed by atoms with E-state index < -0.39 is 0 Å². The molecule has 0 unspecified atom stereocenters. The van der Waals surface area contributed by atoms with Crippen LogP contribution in [-0.2, 0) is 0 Å². The van der Waals surface area contributed by atoms with Gasteiger partial charge in [0.2, 0.25) is 0 Å². The number of hydrogen-bond acceptors (Lipinski definition) is 3. The summed E-state index contributed by atoms with van der Waals surface area (Å²) in [7, 11) is 0. The van der Waals surface area contributed by atoms with E-state index >= 15 is 0 Å². The van der Waals surface area contributed by atoms with Crippen LogP contribution in [0, 0.1) is 0 Å². The molecule has 3 nitrogen and oxygen atoms in total. The zero-order chi connectivity index (χ0) is 11.4. The van der Waals surface area contributed by atoms with Crippen LogP contribution in [-0.4, -0.2) is 49.2 Å². The molecule has 0 amide bonds. The Kier molecular flexibility index (Phi) is 4.62. The summed E-state index contributed by atoms with van der Waals surface area (Å²) < 4.78 is 0. The van der Waals surface area contributed by atoms with Gasteiger partial charge in [0.05, 0.1) is 0 Å². The van der Waals surface area contributed by atoms with Gasteiger partial charge in [0.15, 0.2) is 0 Å². The van der Waals surface area contributed by atoms with Gasteiger partial charge in [-0.05, 0) is 65.7 Å². The molecule has 2 saturated heterocycles. The van der Waals surface area contributed by atoms with Crippen LogP contribution in [0.2, 0.25) is 0 Å². The molecule has 16 heavy (non-hydrogen) atoms. The second kappa shape index (κ2) is 5.99. The molecule has 0 atom stereocenters. The summed E-state index contributed by atoms with van der Waals surface area (Å²) >= 11 is 0. The van der Waals surface area contributed by atoms with Crippen LogP contribution in [0.4, 0.5) is 0 Å². The van der Waals surface area contributed by atoms with E-state index in [4.69, 9.17) is 0 Å². The van der Waals surface area contributed by atoms with Crippen molar-refractivity contribution < 1.29 is 0 Å². The Morgan fingerprint density at radius 1 is 1.00 bits per heavy atom. The fourth-order valence-corrected chi connectivity index (χ4v) is 2.90. The normalized spacial score (nSPS) is 26.4. The van der Waals surface area contributed by atoms with Crippen LogP contribution in [0.5, 0.6) is 0 Å². The van der Waals surface area contributed by atoms with Crippen LogP contribution in [0.1, 0.15) is 39.5 Å². The molecule has 2 aliphatic heterocycles. The molecule has 3 heteroatoms. The van der Waals surface area contributed by atoms with Gasteiger partial charge in [0, 0.05) is 18.1 Å². The van der Waals surface area contributed by atoms with Crippen molar-refractivity contribution in [3.63, 3.8) is 0 Å². The van der Waals surface area contributed by atoms with Crippen LogP contribution >= 0.6 is 0 Å². The third-order valence-corrected chi connectivity index (χ3v) is 4.07. The minimum atomic E-state index is 0.722. The van der Waals surface area contributed by atoms with Crippen molar-refractivity contribution in [1.82, 2.24) is 15.5 Å². The molecule has 2 fully saturated rings. The summed E-state index contributed by atoms with van der Waals surface area (Å²) in [6, 6.07) is 2.27. The fourth-order valence-electron chi connectivity index (χ4n) is 2.90. The summed E-state index contributed by atoms with van der Waals surface area (Å²) in [6.07, 6.45) is 5.29. The molecule has 0 spiro atoms. The van der Waals surface area contributed by atoms with Gasteiger partial charge in [-0.25, -0.2) is 0 Å². The van der Waals surface area contributed by atoms with Gasteiger partial charge >= 0.3 is 0 Å². The molecule has 2 aliphatic rings. The average Bonchev–Trinajstić information content (AvgIpc) is 2.31. The number of nitrogens with one attached hydrogen (secondary N) is 2. The maximum Gasteiger partial charge on any atom is 0.00940 e. The summed E-state index contributed by atoms with van der Waals surface area (Å²) in [6.45, 7) is 9.56. The smallest absolute Gasteiger partial charge is 0.00940 e. The number of rotatable bonds is 3. The van der Waals surface area contributed by atoms with E-state index in [1.165, 1.54) is 51.9 Å². The topological polar surface area (TPSA) is 27.3 Å². The van der Waals surface area contributed by atoms with E-state index in [0.717, 1.165) is 18.1 Å². The van der Waals surface area contributed by atoms with Crippen molar-refractivity contribution in [2.45, 2.75) is 57.7 Å². The van der Waals surface area contributed by atoms with Crippen LogP contribution in [0.25, 0.3) is 0 Å². The third kappa shape index (κ3) is 3.44. The lowest BCUT2D eigenvalue weighted by atomic mass is 9.99. The Labute approximate surface area is 100.0 Å². The fraction of sp³-hybridized carbons (Fsp3) is 1.00. The summed E-state index contributed by atoms with van der Waals surface area (Å²) in [4.78, 5) is 2.60. The van der Waals surface area contributed by atoms with E-state index in [-0.39, 0.29) is 0 Å². The molecule has 0 aliphatic carbocycles. The lowest BCUT2D eigenvalue weighted by molar-refractivity contribution is 0.153. The van der Waals surface area contributed by atoms with Crippen molar-refractivity contribution in [1.29, 1.82) is 0 Å². The number of hydrogen-bond donors (Lipinski definition) is 2. The molecule has 0 saturated carbocycles. The van der Waals surface area contributed by atoms with E-state index in [1.54, 1.807) is 0 Å². The monoisotopic (exact) mass is 225 g/mol. The molecule has 94 valence electrons. The second-order valence-electron chi connectivity index (χ2n) is 5.59. The zero-order valence-corrected chi connectivity index (χ0v) is 10.8. The average molecular weight is 225 g/mol. The standard InChI is InChI=1S/C13H27N3/c1-11(2)16-9-5-13(6-10-16)15-12-3-7-14-8-4-12/h11-15H,3-10H2,1-2H3. The van der Waals surface area contributed by atoms with Crippen LogP contribution in [0.15, 0.2) is 0 Å². The largest absolute Gasteiger partial charge is 0.317 e. The predicted molar refractivity (Wildman–Crippen MR) is 68.8 cm³/mol. The Morgan fingerprint density at radius 3 is 2.12 bits per heavy atom. The maximum atomic E-state index is 3.85. The lowest BCUT2D eigenvalue weighted by Gasteiger charge is -2.37. The Hall–Kier alpha value is -0.120. The Morgan fingerprint density at radius 2 is 1.56 bits per heavy atom. The SMILES string of the molecule is CC(C)N1CCC(NC2CCNCC2)CC1. The molecular formula is C13H27N3. The third-order valence-electron chi connectivity index (χ3n) is 4.07. The molecule has 0 aromatic rings. The lowest BCUT2D eigenvalue weighted by Crippen LogP contribution is -2.50. The quantitative estimate of drug-likeness (QED) is 0.756. The van der Waals surface area contributed by atoms with Gasteiger partial charge < -0.3 is 15.5 Å². The first kappa shape index (κ1) is 12.3. The highest BCUT2D eigenvalue weighted by Gasteiger charge is 2.23. The Bertz CT molecular complexity index is 191. The zero-order valence-electron chi connectivity index (χ0n) is 10.8. The van der Waals surface area contributed by atoms with Crippen molar-refractivity contribution in [2.24, 2.45) is 0 Å². The molecule has 0 bridgehead atoms. The molecule has 2 heterocycles. The highest BCUT2D eigenvalue weighted by molar-refractivity contribution is 4.83. The van der Waals surface area contributed by atoms with E-state index in [2.05, 4.69) is 29.4 Å². The maximum absolute atomic E-state index is 3.85. The molecule has 0 aromatic carbocycles. The van der Waals surface area contributed by atoms with Gasteiger partial charge in [0.25, 0.3) is 0 Å². The van der Waals surface area contributed by atoms with Gasteiger partial charge in [-0.1, -0.05) is 0 Å². The first-order chi connectivity index (χ1) is 7.75. The molecular weight excluding hydrogens is 198 g/mol. The summed E-state index contributed by atoms with van der Waals surface area (Å²) in [5, 5.41) is 7.28. The van der Waals surface area contributed by atoms with Crippen molar-refractivity contribution in [3.05, 3.63) is 0 Å². The van der Waals surface area contributed by atoms with E-state index in [0.29, 0.717) is 0 Å². The predicted octanol–water partition coefficient (Wildman–Crippen LogP) is 1.20. The van der Waals surface area contributed by atoms with Gasteiger partial charge in [-0.3, -0.25) is 0 Å². The summed E-state index contributed by atoms with van der Waals surface area (Å²) in [5.74, 6) is 0. The van der Waals surface area contributed by atoms with Gasteiger partial charge in [0.1, 0.15) is 0 Å². The summed E-state index contributed by atoms with van der Waals surface area (Å²) in [5.41, 5.74) is 0. The molecule has 2 N–H and O–H groups in total. The van der Waals surface area contributed by atoms with Crippen molar-refractivity contribution in [2.75, 3.05) is 26.2 Å².